The van der Waals surface area contributed by atoms with Crippen LogP contribution in [0.4, 0.5) is 0 Å². The summed E-state index contributed by atoms with van der Waals surface area (Å²) in [5, 5.41) is 9.87. The molecule has 0 aromatic carbocycles. The summed E-state index contributed by atoms with van der Waals surface area (Å²) in [5.74, 6) is 0. The zero-order valence-corrected chi connectivity index (χ0v) is 8.58. The summed E-state index contributed by atoms with van der Waals surface area (Å²) >= 11 is 0. The highest BCUT2D eigenvalue weighted by molar-refractivity contribution is 4.88. The fourth-order valence-electron chi connectivity index (χ4n) is 2.63. The molecule has 2 fully saturated rings. The number of hydrogen-bond donors (Lipinski definition) is 1. The molecule has 76 valence electrons. The van der Waals surface area contributed by atoms with Crippen molar-refractivity contribution in [1.82, 2.24) is 4.90 Å². The van der Waals surface area contributed by atoms with Gasteiger partial charge in [0.25, 0.3) is 0 Å². The summed E-state index contributed by atoms with van der Waals surface area (Å²) < 4.78 is 0. The molecular formula is C11H21NO. The summed E-state index contributed by atoms with van der Waals surface area (Å²) in [6, 6.07) is 1.23. The van der Waals surface area contributed by atoms with Gasteiger partial charge in [-0.25, -0.2) is 0 Å². The second-order valence-corrected chi connectivity index (χ2v) is 4.67. The van der Waals surface area contributed by atoms with Gasteiger partial charge in [0.2, 0.25) is 0 Å². The van der Waals surface area contributed by atoms with Crippen molar-refractivity contribution in [3.63, 3.8) is 0 Å². The minimum Gasteiger partial charge on any atom is -0.391 e. The normalized spacial score (nSPS) is 36.2. The smallest absolute Gasteiger partial charge is 0.0695 e. The van der Waals surface area contributed by atoms with Crippen molar-refractivity contribution < 1.29 is 5.11 Å². The molecule has 2 aliphatic carbocycles. The quantitative estimate of drug-likeness (QED) is 0.705. The maximum Gasteiger partial charge on any atom is 0.0695 e. The van der Waals surface area contributed by atoms with Gasteiger partial charge in [-0.2, -0.15) is 0 Å². The van der Waals surface area contributed by atoms with Gasteiger partial charge < -0.3 is 5.11 Å². The zero-order chi connectivity index (χ0) is 9.26. The van der Waals surface area contributed by atoms with Gasteiger partial charge in [-0.1, -0.05) is 19.3 Å². The van der Waals surface area contributed by atoms with Crippen molar-refractivity contribution in [1.29, 1.82) is 0 Å². The maximum absolute atomic E-state index is 9.87. The average molecular weight is 183 g/mol. The Balaban J connectivity index is 1.88. The first kappa shape index (κ1) is 9.47. The van der Waals surface area contributed by atoms with Crippen molar-refractivity contribution in [3.05, 3.63) is 0 Å². The molecule has 2 rings (SSSR count). The highest BCUT2D eigenvalue weighted by atomic mass is 16.3. The van der Waals surface area contributed by atoms with Crippen LogP contribution >= 0.6 is 0 Å². The summed E-state index contributed by atoms with van der Waals surface area (Å²) in [5.41, 5.74) is 0. The molecule has 0 spiro atoms. The van der Waals surface area contributed by atoms with E-state index in [1.54, 1.807) is 0 Å². The molecule has 0 aliphatic heterocycles. The van der Waals surface area contributed by atoms with Crippen molar-refractivity contribution in [2.45, 2.75) is 63.1 Å². The van der Waals surface area contributed by atoms with Crippen molar-refractivity contribution in [3.8, 4) is 0 Å². The Morgan fingerprint density at radius 1 is 1.00 bits per heavy atom. The molecule has 2 saturated carbocycles. The second-order valence-electron chi connectivity index (χ2n) is 4.67. The lowest BCUT2D eigenvalue weighted by atomic mass is 9.86. The Morgan fingerprint density at radius 2 is 1.69 bits per heavy atom. The highest BCUT2D eigenvalue weighted by Gasteiger charge is 2.32. The van der Waals surface area contributed by atoms with Crippen LogP contribution in [0.5, 0.6) is 0 Å². The predicted octanol–water partition coefficient (Wildman–Crippen LogP) is 1.77. The van der Waals surface area contributed by atoms with Gasteiger partial charge >= 0.3 is 0 Å². The Labute approximate surface area is 80.9 Å². The van der Waals surface area contributed by atoms with Gasteiger partial charge in [0, 0.05) is 12.1 Å². The summed E-state index contributed by atoms with van der Waals surface area (Å²) in [4.78, 5) is 2.44. The molecule has 2 aliphatic rings. The van der Waals surface area contributed by atoms with Crippen LogP contribution in [0.25, 0.3) is 0 Å². The third-order valence-electron chi connectivity index (χ3n) is 3.87. The largest absolute Gasteiger partial charge is 0.391 e. The Bertz CT molecular complexity index is 167. The first-order valence-electron chi connectivity index (χ1n) is 5.69. The van der Waals surface area contributed by atoms with Gasteiger partial charge in [0.1, 0.15) is 0 Å². The van der Waals surface area contributed by atoms with Crippen molar-refractivity contribution in [2.75, 3.05) is 7.05 Å². The Hall–Kier alpha value is -0.0800. The van der Waals surface area contributed by atoms with Crippen LogP contribution in [0.2, 0.25) is 0 Å². The van der Waals surface area contributed by atoms with Crippen LogP contribution < -0.4 is 0 Å². The van der Waals surface area contributed by atoms with Crippen molar-refractivity contribution in [2.24, 2.45) is 0 Å². The van der Waals surface area contributed by atoms with Gasteiger partial charge in [0.05, 0.1) is 6.10 Å². The van der Waals surface area contributed by atoms with Crippen LogP contribution in [-0.2, 0) is 0 Å². The molecule has 2 heteroatoms. The van der Waals surface area contributed by atoms with Gasteiger partial charge in [0.15, 0.2) is 0 Å². The molecule has 0 radical (unpaired) electrons. The average Bonchev–Trinajstić information content (AvgIpc) is 2.01. The van der Waals surface area contributed by atoms with Crippen LogP contribution in [-0.4, -0.2) is 35.2 Å². The molecule has 0 unspecified atom stereocenters. The molecule has 0 aromatic rings. The number of aliphatic hydroxyl groups is 1. The van der Waals surface area contributed by atoms with Crippen LogP contribution in [0.1, 0.15) is 44.9 Å². The summed E-state index contributed by atoms with van der Waals surface area (Å²) in [6.45, 7) is 0. The second kappa shape index (κ2) is 3.97. The van der Waals surface area contributed by atoms with E-state index in [1.165, 1.54) is 38.5 Å². The molecule has 0 saturated heterocycles. The monoisotopic (exact) mass is 183 g/mol. The van der Waals surface area contributed by atoms with E-state index in [0.717, 1.165) is 12.5 Å². The molecule has 0 aromatic heterocycles. The minimum atomic E-state index is -0.0562. The molecule has 0 heterocycles. The number of hydrogen-bond acceptors (Lipinski definition) is 2. The summed E-state index contributed by atoms with van der Waals surface area (Å²) in [7, 11) is 2.20. The fourth-order valence-corrected chi connectivity index (χ4v) is 2.63. The van der Waals surface area contributed by atoms with Crippen LogP contribution in [0.15, 0.2) is 0 Å². The number of likely N-dealkylation sites (N-methyl/N-ethyl adjacent to an activating group) is 1. The van der Waals surface area contributed by atoms with Gasteiger partial charge in [-0.05, 0) is 32.7 Å². The Morgan fingerprint density at radius 3 is 2.23 bits per heavy atom. The van der Waals surface area contributed by atoms with Gasteiger partial charge in [-0.3, -0.25) is 4.90 Å². The topological polar surface area (TPSA) is 23.5 Å². The highest BCUT2D eigenvalue weighted by Crippen LogP contribution is 2.30. The van der Waals surface area contributed by atoms with E-state index in [2.05, 4.69) is 11.9 Å². The predicted molar refractivity (Wildman–Crippen MR) is 53.7 cm³/mol. The lowest BCUT2D eigenvalue weighted by Crippen LogP contribution is -2.50. The van der Waals surface area contributed by atoms with E-state index in [0.29, 0.717) is 6.04 Å². The molecule has 0 amide bonds. The van der Waals surface area contributed by atoms with E-state index >= 15 is 0 Å². The first-order chi connectivity index (χ1) is 6.29. The van der Waals surface area contributed by atoms with Crippen molar-refractivity contribution >= 4 is 0 Å². The van der Waals surface area contributed by atoms with E-state index in [4.69, 9.17) is 0 Å². The zero-order valence-electron chi connectivity index (χ0n) is 8.58. The fraction of sp³-hybridized carbons (Fsp3) is 1.00. The third-order valence-corrected chi connectivity index (χ3v) is 3.87. The molecule has 0 bridgehead atoms. The molecule has 1 N–H and O–H groups in total. The van der Waals surface area contributed by atoms with Crippen LogP contribution in [0, 0.1) is 0 Å². The molecule has 13 heavy (non-hydrogen) atoms. The molecular weight excluding hydrogens is 162 g/mol. The maximum atomic E-state index is 9.87. The van der Waals surface area contributed by atoms with E-state index < -0.39 is 0 Å². The van der Waals surface area contributed by atoms with E-state index in [9.17, 15) is 5.11 Å². The SMILES string of the molecule is CN(C1CCC1)[C@H]1CCCC[C@@H]1O. The molecule has 2 nitrogen and oxygen atoms in total. The number of nitrogens with zero attached hydrogens (tertiary/aromatic N) is 1. The minimum absolute atomic E-state index is 0.0562. The summed E-state index contributed by atoms with van der Waals surface area (Å²) in [6.07, 6.45) is 8.77. The third kappa shape index (κ3) is 1.89. The number of aliphatic hydroxyl groups excluding tert-OH is 1. The number of rotatable bonds is 2. The van der Waals surface area contributed by atoms with E-state index in [-0.39, 0.29) is 6.10 Å². The first-order valence-corrected chi connectivity index (χ1v) is 5.69. The molecule has 2 atom stereocenters. The standard InChI is InChI=1S/C11H21NO/c1-12(9-5-4-6-9)10-7-2-3-8-11(10)13/h9-11,13H,2-8H2,1H3/t10-,11-/m0/s1. The Kier molecular flexibility index (Phi) is 2.89. The van der Waals surface area contributed by atoms with Gasteiger partial charge in [-0.15, -0.1) is 0 Å². The lowest BCUT2D eigenvalue weighted by molar-refractivity contribution is -0.00450. The lowest BCUT2D eigenvalue weighted by Gasteiger charge is -2.43. The van der Waals surface area contributed by atoms with Crippen LogP contribution in [0.3, 0.4) is 0 Å². The van der Waals surface area contributed by atoms with E-state index in [1.807, 2.05) is 0 Å².